The zero-order valence-corrected chi connectivity index (χ0v) is 11.5. The maximum absolute atomic E-state index is 11.2. The Kier molecular flexibility index (Phi) is 5.72. The Balaban J connectivity index is 2.87. The average molecular weight is 274 g/mol. The quantitative estimate of drug-likeness (QED) is 0.566. The molecule has 0 atom stereocenters. The van der Waals surface area contributed by atoms with E-state index >= 15 is 0 Å². The van der Waals surface area contributed by atoms with Crippen LogP contribution in [0.4, 0.5) is 0 Å². The summed E-state index contributed by atoms with van der Waals surface area (Å²) in [6.07, 6.45) is 2.20. The molecule has 1 aromatic rings. The molecule has 106 valence electrons. The topological polar surface area (TPSA) is 52.6 Å². The van der Waals surface area contributed by atoms with Crippen molar-refractivity contribution in [3.8, 4) is 0 Å². The molecule has 1 rings (SSSR count). The Morgan fingerprint density at radius 3 is 1.90 bits per heavy atom. The number of benzene rings is 1. The van der Waals surface area contributed by atoms with Crippen LogP contribution < -0.4 is 0 Å². The van der Waals surface area contributed by atoms with Crippen LogP contribution in [0, 0.1) is 0 Å². The van der Waals surface area contributed by atoms with Gasteiger partial charge >= 0.3 is 11.9 Å². The molecule has 1 aromatic carbocycles. The van der Waals surface area contributed by atoms with Gasteiger partial charge in [-0.1, -0.05) is 43.5 Å². The lowest BCUT2D eigenvalue weighted by Gasteiger charge is -2.28. The third-order valence-corrected chi connectivity index (χ3v) is 2.87. The van der Waals surface area contributed by atoms with Crippen LogP contribution in [-0.4, -0.2) is 25.2 Å². The summed E-state index contributed by atoms with van der Waals surface area (Å²) in [7, 11) is 0. The van der Waals surface area contributed by atoms with Crippen LogP contribution >= 0.6 is 0 Å². The maximum Gasteiger partial charge on any atom is 0.330 e. The van der Waals surface area contributed by atoms with Crippen molar-refractivity contribution in [1.82, 2.24) is 0 Å². The maximum atomic E-state index is 11.2. The average Bonchev–Trinajstić information content (AvgIpc) is 2.51. The summed E-state index contributed by atoms with van der Waals surface area (Å²) < 4.78 is 10.2. The second kappa shape index (κ2) is 7.28. The van der Waals surface area contributed by atoms with Crippen molar-refractivity contribution < 1.29 is 19.1 Å². The van der Waals surface area contributed by atoms with Crippen molar-refractivity contribution >= 4 is 11.9 Å². The van der Waals surface area contributed by atoms with Crippen LogP contribution in [0.5, 0.6) is 0 Å². The lowest BCUT2D eigenvalue weighted by atomic mass is 9.84. The lowest BCUT2D eigenvalue weighted by molar-refractivity contribution is -0.143. The van der Waals surface area contributed by atoms with Gasteiger partial charge in [-0.25, -0.2) is 9.59 Å². The molecular weight excluding hydrogens is 256 g/mol. The van der Waals surface area contributed by atoms with Crippen molar-refractivity contribution in [2.75, 3.05) is 13.2 Å². The fourth-order valence-corrected chi connectivity index (χ4v) is 1.63. The van der Waals surface area contributed by atoms with E-state index in [0.717, 1.165) is 17.7 Å². The molecular formula is C16H18O4. The monoisotopic (exact) mass is 274 g/mol. The highest BCUT2D eigenvalue weighted by atomic mass is 16.5. The molecule has 0 fully saturated rings. The van der Waals surface area contributed by atoms with Gasteiger partial charge in [-0.15, -0.1) is 0 Å². The van der Waals surface area contributed by atoms with Crippen LogP contribution in [0.25, 0.3) is 0 Å². The predicted octanol–water partition coefficient (Wildman–Crippen LogP) is 2.40. The third kappa shape index (κ3) is 4.39. The molecule has 0 aliphatic carbocycles. The summed E-state index contributed by atoms with van der Waals surface area (Å²) in [6, 6.07) is 9.42. The molecule has 0 N–H and O–H groups in total. The van der Waals surface area contributed by atoms with Gasteiger partial charge in [-0.05, 0) is 12.5 Å². The van der Waals surface area contributed by atoms with Gasteiger partial charge in [0.1, 0.15) is 13.2 Å². The highest BCUT2D eigenvalue weighted by Crippen LogP contribution is 2.25. The number of carbonyl (C=O) groups is 2. The van der Waals surface area contributed by atoms with Gasteiger partial charge in [-0.2, -0.15) is 0 Å². The smallest absolute Gasteiger partial charge is 0.330 e. The molecule has 4 heteroatoms. The highest BCUT2D eigenvalue weighted by Gasteiger charge is 2.30. The first kappa shape index (κ1) is 15.7. The van der Waals surface area contributed by atoms with E-state index in [-0.39, 0.29) is 13.2 Å². The summed E-state index contributed by atoms with van der Waals surface area (Å²) in [5.41, 5.74) is 0.284. The van der Waals surface area contributed by atoms with Crippen LogP contribution in [0.2, 0.25) is 0 Å². The highest BCUT2D eigenvalue weighted by molar-refractivity contribution is 5.81. The van der Waals surface area contributed by atoms with Crippen LogP contribution in [0.3, 0.4) is 0 Å². The lowest BCUT2D eigenvalue weighted by Crippen LogP contribution is -2.35. The van der Waals surface area contributed by atoms with E-state index in [2.05, 4.69) is 13.2 Å². The summed E-state index contributed by atoms with van der Waals surface area (Å²) in [4.78, 5) is 22.4. The number of rotatable bonds is 7. The Morgan fingerprint density at radius 1 is 1.05 bits per heavy atom. The Labute approximate surface area is 118 Å². The van der Waals surface area contributed by atoms with Crippen molar-refractivity contribution in [3.05, 3.63) is 61.2 Å². The number of esters is 2. The molecule has 0 aliphatic rings. The SMILES string of the molecule is C=CC(=O)OCC(C)(COC(=O)C=C)c1ccccc1. The molecule has 0 amide bonds. The van der Waals surface area contributed by atoms with Gasteiger partial charge < -0.3 is 9.47 Å². The van der Waals surface area contributed by atoms with Gasteiger partial charge in [0.15, 0.2) is 0 Å². The zero-order valence-electron chi connectivity index (χ0n) is 11.5. The van der Waals surface area contributed by atoms with Crippen molar-refractivity contribution in [1.29, 1.82) is 0 Å². The molecule has 0 saturated heterocycles. The number of carbonyl (C=O) groups excluding carboxylic acids is 2. The minimum absolute atomic E-state index is 0.0896. The first-order valence-electron chi connectivity index (χ1n) is 6.16. The number of ether oxygens (including phenoxy) is 2. The molecule has 0 aliphatic heterocycles. The number of hydrogen-bond acceptors (Lipinski definition) is 4. The molecule has 0 saturated carbocycles. The first-order chi connectivity index (χ1) is 9.51. The summed E-state index contributed by atoms with van der Waals surface area (Å²) in [5, 5.41) is 0. The van der Waals surface area contributed by atoms with Gasteiger partial charge in [0.2, 0.25) is 0 Å². The summed E-state index contributed by atoms with van der Waals surface area (Å²) >= 11 is 0. The normalized spacial score (nSPS) is 10.4. The fraction of sp³-hybridized carbons (Fsp3) is 0.250. The van der Waals surface area contributed by atoms with Gasteiger partial charge in [0.05, 0.1) is 5.41 Å². The summed E-state index contributed by atoms with van der Waals surface area (Å²) in [6.45, 7) is 8.73. The van der Waals surface area contributed by atoms with E-state index in [4.69, 9.17) is 9.47 Å². The largest absolute Gasteiger partial charge is 0.461 e. The standard InChI is InChI=1S/C16H18O4/c1-4-14(17)19-11-16(3,12-20-15(18)5-2)13-9-7-6-8-10-13/h4-10H,1-2,11-12H2,3H3. The van der Waals surface area contributed by atoms with Crippen molar-refractivity contribution in [2.45, 2.75) is 12.3 Å². The van der Waals surface area contributed by atoms with Crippen LogP contribution in [-0.2, 0) is 24.5 Å². The molecule has 0 radical (unpaired) electrons. The minimum atomic E-state index is -0.626. The second-order valence-corrected chi connectivity index (χ2v) is 4.55. The predicted molar refractivity (Wildman–Crippen MR) is 76.1 cm³/mol. The van der Waals surface area contributed by atoms with E-state index in [9.17, 15) is 9.59 Å². The van der Waals surface area contributed by atoms with Crippen LogP contribution in [0.1, 0.15) is 12.5 Å². The molecule has 0 heterocycles. The molecule has 0 unspecified atom stereocenters. The molecule has 20 heavy (non-hydrogen) atoms. The van der Waals surface area contributed by atoms with Gasteiger partial charge in [0, 0.05) is 12.2 Å². The Bertz CT molecular complexity index is 466. The molecule has 0 bridgehead atoms. The van der Waals surface area contributed by atoms with Gasteiger partial charge in [-0.3, -0.25) is 0 Å². The van der Waals surface area contributed by atoms with E-state index in [1.54, 1.807) is 0 Å². The minimum Gasteiger partial charge on any atom is -0.461 e. The first-order valence-corrected chi connectivity index (χ1v) is 6.16. The van der Waals surface area contributed by atoms with Crippen LogP contribution in [0.15, 0.2) is 55.6 Å². The van der Waals surface area contributed by atoms with E-state index in [1.165, 1.54) is 0 Å². The number of hydrogen-bond donors (Lipinski definition) is 0. The van der Waals surface area contributed by atoms with E-state index in [0.29, 0.717) is 0 Å². The molecule has 0 spiro atoms. The van der Waals surface area contributed by atoms with E-state index < -0.39 is 17.4 Å². The molecule has 0 aromatic heterocycles. The third-order valence-electron chi connectivity index (χ3n) is 2.87. The molecule has 4 nitrogen and oxygen atoms in total. The summed E-state index contributed by atoms with van der Waals surface area (Å²) in [5.74, 6) is -1.02. The second-order valence-electron chi connectivity index (χ2n) is 4.55. The van der Waals surface area contributed by atoms with Gasteiger partial charge in [0.25, 0.3) is 0 Å². The Morgan fingerprint density at radius 2 is 1.50 bits per heavy atom. The Hall–Kier alpha value is -2.36. The van der Waals surface area contributed by atoms with E-state index in [1.807, 2.05) is 37.3 Å². The fourth-order valence-electron chi connectivity index (χ4n) is 1.63. The zero-order chi connectivity index (χ0) is 15.0. The van der Waals surface area contributed by atoms with Crippen molar-refractivity contribution in [2.24, 2.45) is 0 Å². The van der Waals surface area contributed by atoms with Crippen molar-refractivity contribution in [3.63, 3.8) is 0 Å².